The predicted molar refractivity (Wildman–Crippen MR) is 69.8 cm³/mol. The summed E-state index contributed by atoms with van der Waals surface area (Å²) < 4.78 is 9.77. The van der Waals surface area contributed by atoms with Crippen molar-refractivity contribution in [3.63, 3.8) is 0 Å². The summed E-state index contributed by atoms with van der Waals surface area (Å²) in [5.74, 6) is -3.29. The number of hydrogen-bond acceptors (Lipinski definition) is 5. The van der Waals surface area contributed by atoms with Crippen molar-refractivity contribution in [3.05, 3.63) is 12.2 Å². The molecule has 0 radical (unpaired) electrons. The average molecular weight is 284 g/mol. The molecule has 0 aromatic carbocycles. The van der Waals surface area contributed by atoms with E-state index in [0.717, 1.165) is 12.8 Å². The van der Waals surface area contributed by atoms with Gasteiger partial charge in [-0.2, -0.15) is 0 Å². The highest BCUT2D eigenvalue weighted by atomic mass is 16.6. The molecule has 0 aliphatic heterocycles. The zero-order chi connectivity index (χ0) is 15.1. The topological polar surface area (TPSA) is 89.9 Å². The molecule has 0 spiro atoms. The molecule has 0 heterocycles. The summed E-state index contributed by atoms with van der Waals surface area (Å²) in [6, 6.07) is 0. The maximum absolute atomic E-state index is 11.8. The fourth-order valence-corrected chi connectivity index (χ4v) is 2.22. The van der Waals surface area contributed by atoms with Crippen molar-refractivity contribution in [1.82, 2.24) is 0 Å². The van der Waals surface area contributed by atoms with Gasteiger partial charge in [-0.1, -0.05) is 19.4 Å². The van der Waals surface area contributed by atoms with Gasteiger partial charge in [0.05, 0.1) is 11.8 Å². The third-order valence-electron chi connectivity index (χ3n) is 3.30. The van der Waals surface area contributed by atoms with Crippen LogP contribution in [0.3, 0.4) is 0 Å². The Morgan fingerprint density at radius 2 is 1.65 bits per heavy atom. The fraction of sp³-hybridized carbons (Fsp3) is 0.643. The molecule has 20 heavy (non-hydrogen) atoms. The minimum atomic E-state index is -0.958. The smallest absolute Gasteiger partial charge is 0.333 e. The number of esters is 2. The van der Waals surface area contributed by atoms with Gasteiger partial charge in [0.15, 0.2) is 0 Å². The van der Waals surface area contributed by atoms with E-state index >= 15 is 0 Å². The Labute approximate surface area is 117 Å². The largest absolute Gasteiger partial charge is 0.481 e. The summed E-state index contributed by atoms with van der Waals surface area (Å²) in [5, 5.41) is 9.08. The van der Waals surface area contributed by atoms with E-state index in [2.05, 4.69) is 6.58 Å². The maximum atomic E-state index is 11.8. The van der Waals surface area contributed by atoms with Gasteiger partial charge in [-0.25, -0.2) is 4.79 Å². The van der Waals surface area contributed by atoms with Gasteiger partial charge < -0.3 is 14.6 Å². The van der Waals surface area contributed by atoms with Gasteiger partial charge in [0.25, 0.3) is 0 Å². The lowest BCUT2D eigenvalue weighted by Crippen LogP contribution is -2.34. The van der Waals surface area contributed by atoms with E-state index < -0.39 is 29.7 Å². The third kappa shape index (κ3) is 4.68. The highest BCUT2D eigenvalue weighted by Crippen LogP contribution is 2.31. The molecule has 1 rings (SSSR count). The summed E-state index contributed by atoms with van der Waals surface area (Å²) in [4.78, 5) is 34.0. The number of hydrogen-bond donors (Lipinski definition) is 1. The van der Waals surface area contributed by atoms with Crippen molar-refractivity contribution >= 4 is 17.9 Å². The van der Waals surface area contributed by atoms with Crippen molar-refractivity contribution in [2.45, 2.75) is 32.6 Å². The molecule has 0 unspecified atom stereocenters. The van der Waals surface area contributed by atoms with Crippen molar-refractivity contribution in [2.24, 2.45) is 11.8 Å². The number of carbonyl (C=O) groups excluding carboxylic acids is 2. The molecule has 6 heteroatoms. The lowest BCUT2D eigenvalue weighted by molar-refractivity contribution is -0.161. The van der Waals surface area contributed by atoms with Gasteiger partial charge in [-0.05, 0) is 19.8 Å². The number of carboxylic acids is 1. The van der Waals surface area contributed by atoms with Crippen LogP contribution in [0.1, 0.15) is 32.6 Å². The number of carbonyl (C=O) groups is 3. The van der Waals surface area contributed by atoms with E-state index in [0.29, 0.717) is 12.8 Å². The molecular formula is C14H20O6. The van der Waals surface area contributed by atoms with E-state index in [1.54, 1.807) is 0 Å². The Morgan fingerprint density at radius 3 is 2.20 bits per heavy atom. The number of ether oxygens (including phenoxy) is 2. The molecule has 0 aromatic rings. The SMILES string of the molecule is C=C(C)C(=O)OCCOC(=O)[C@@H]1CCCC[C@H]1C(=O)O. The van der Waals surface area contributed by atoms with Gasteiger partial charge in [-0.3, -0.25) is 9.59 Å². The summed E-state index contributed by atoms with van der Waals surface area (Å²) in [6.07, 6.45) is 2.67. The molecule has 0 amide bonds. The number of carboxylic acid groups (broad SMARTS) is 1. The van der Waals surface area contributed by atoms with Crippen LogP contribution in [-0.4, -0.2) is 36.2 Å². The minimum Gasteiger partial charge on any atom is -0.481 e. The predicted octanol–water partition coefficient (Wildman–Crippen LogP) is 1.54. The first-order valence-corrected chi connectivity index (χ1v) is 6.65. The highest BCUT2D eigenvalue weighted by molar-refractivity contribution is 5.87. The Kier molecular flexibility index (Phi) is 6.21. The van der Waals surface area contributed by atoms with Crippen LogP contribution in [0.4, 0.5) is 0 Å². The van der Waals surface area contributed by atoms with Gasteiger partial charge >= 0.3 is 17.9 Å². The van der Waals surface area contributed by atoms with E-state index in [4.69, 9.17) is 14.6 Å². The average Bonchev–Trinajstić information content (AvgIpc) is 2.42. The highest BCUT2D eigenvalue weighted by Gasteiger charge is 2.36. The molecule has 1 fully saturated rings. The Morgan fingerprint density at radius 1 is 1.10 bits per heavy atom. The summed E-state index contributed by atoms with van der Waals surface area (Å²) >= 11 is 0. The second-order valence-electron chi connectivity index (χ2n) is 4.92. The Balaban J connectivity index is 2.36. The molecule has 0 saturated heterocycles. The normalized spacial score (nSPS) is 21.9. The quantitative estimate of drug-likeness (QED) is 0.452. The molecule has 1 aliphatic rings. The van der Waals surface area contributed by atoms with Gasteiger partial charge in [0.2, 0.25) is 0 Å². The first-order valence-electron chi connectivity index (χ1n) is 6.65. The van der Waals surface area contributed by atoms with Crippen molar-refractivity contribution < 1.29 is 29.0 Å². The molecule has 1 N–H and O–H groups in total. The zero-order valence-corrected chi connectivity index (χ0v) is 11.6. The molecule has 0 bridgehead atoms. The van der Waals surface area contributed by atoms with Crippen LogP contribution in [0, 0.1) is 11.8 Å². The molecule has 1 aliphatic carbocycles. The lowest BCUT2D eigenvalue weighted by atomic mass is 9.79. The molecular weight excluding hydrogens is 264 g/mol. The first-order chi connectivity index (χ1) is 9.43. The first kappa shape index (κ1) is 16.2. The molecule has 0 aromatic heterocycles. The van der Waals surface area contributed by atoms with Crippen LogP contribution in [0.25, 0.3) is 0 Å². The van der Waals surface area contributed by atoms with Crippen LogP contribution < -0.4 is 0 Å². The zero-order valence-electron chi connectivity index (χ0n) is 11.6. The van der Waals surface area contributed by atoms with Gasteiger partial charge in [0, 0.05) is 5.57 Å². The van der Waals surface area contributed by atoms with E-state index in [1.807, 2.05) is 0 Å². The van der Waals surface area contributed by atoms with Crippen LogP contribution in [0.5, 0.6) is 0 Å². The van der Waals surface area contributed by atoms with Crippen molar-refractivity contribution in [1.29, 1.82) is 0 Å². The van der Waals surface area contributed by atoms with Crippen LogP contribution >= 0.6 is 0 Å². The van der Waals surface area contributed by atoms with E-state index in [-0.39, 0.29) is 18.8 Å². The lowest BCUT2D eigenvalue weighted by Gasteiger charge is -2.26. The second kappa shape index (κ2) is 7.67. The second-order valence-corrected chi connectivity index (χ2v) is 4.92. The number of aliphatic carboxylic acids is 1. The maximum Gasteiger partial charge on any atom is 0.333 e. The van der Waals surface area contributed by atoms with E-state index in [1.165, 1.54) is 6.92 Å². The van der Waals surface area contributed by atoms with Gasteiger partial charge in [-0.15, -0.1) is 0 Å². The van der Waals surface area contributed by atoms with Crippen molar-refractivity contribution in [3.8, 4) is 0 Å². The van der Waals surface area contributed by atoms with Crippen molar-refractivity contribution in [2.75, 3.05) is 13.2 Å². The van der Waals surface area contributed by atoms with Crippen LogP contribution in [0.15, 0.2) is 12.2 Å². The van der Waals surface area contributed by atoms with Crippen LogP contribution in [0.2, 0.25) is 0 Å². The Hall–Kier alpha value is -1.85. The molecule has 112 valence electrons. The number of rotatable bonds is 6. The summed E-state index contributed by atoms with van der Waals surface area (Å²) in [6.45, 7) is 4.82. The minimum absolute atomic E-state index is 0.0537. The Bertz CT molecular complexity index is 400. The van der Waals surface area contributed by atoms with Gasteiger partial charge in [0.1, 0.15) is 13.2 Å². The summed E-state index contributed by atoms with van der Waals surface area (Å²) in [5.41, 5.74) is 0.273. The molecule has 2 atom stereocenters. The standard InChI is InChI=1S/C14H20O6/c1-9(2)13(17)19-7-8-20-14(18)11-6-4-3-5-10(11)12(15)16/h10-11H,1,3-8H2,2H3,(H,15,16)/t10-,11-/m1/s1. The molecule has 6 nitrogen and oxygen atoms in total. The van der Waals surface area contributed by atoms with E-state index in [9.17, 15) is 14.4 Å². The van der Waals surface area contributed by atoms with Crippen LogP contribution in [-0.2, 0) is 23.9 Å². The fourth-order valence-electron chi connectivity index (χ4n) is 2.22. The monoisotopic (exact) mass is 284 g/mol. The summed E-state index contributed by atoms with van der Waals surface area (Å²) in [7, 11) is 0. The molecule has 1 saturated carbocycles. The third-order valence-corrected chi connectivity index (χ3v) is 3.30.